The van der Waals surface area contributed by atoms with Crippen molar-refractivity contribution in [2.45, 2.75) is 11.8 Å². The van der Waals surface area contributed by atoms with Crippen molar-refractivity contribution in [2.24, 2.45) is 0 Å². The van der Waals surface area contributed by atoms with E-state index in [0.717, 1.165) is 0 Å². The Hall–Kier alpha value is -2.98. The summed E-state index contributed by atoms with van der Waals surface area (Å²) in [7, 11) is 0. The number of rotatable bonds is 3. The van der Waals surface area contributed by atoms with E-state index in [1.54, 1.807) is 24.3 Å². The third-order valence-corrected chi connectivity index (χ3v) is 3.07. The molecule has 0 aliphatic rings. The maximum absolute atomic E-state index is 9.49. The summed E-state index contributed by atoms with van der Waals surface area (Å²) < 4.78 is 0. The number of phenols is 2. The largest absolute Gasteiger partial charge is 0.508 e. The Labute approximate surface area is 116 Å². The van der Waals surface area contributed by atoms with Gasteiger partial charge in [-0.15, -0.1) is 0 Å². The van der Waals surface area contributed by atoms with Gasteiger partial charge in [0.05, 0.1) is 24.0 Å². The predicted octanol–water partition coefficient (Wildman–Crippen LogP) is 3.01. The zero-order chi connectivity index (χ0) is 14.5. The molecule has 4 heteroatoms. The van der Waals surface area contributed by atoms with E-state index in [2.05, 4.69) is 12.1 Å². The fourth-order valence-electron chi connectivity index (χ4n) is 2.12. The van der Waals surface area contributed by atoms with Crippen molar-refractivity contribution in [1.29, 1.82) is 10.5 Å². The minimum atomic E-state index is -0.714. The lowest BCUT2D eigenvalue weighted by Gasteiger charge is -2.16. The second-order valence-electron chi connectivity index (χ2n) is 4.40. The topological polar surface area (TPSA) is 88.0 Å². The van der Waals surface area contributed by atoms with Crippen molar-refractivity contribution in [3.8, 4) is 23.6 Å². The van der Waals surface area contributed by atoms with Gasteiger partial charge >= 0.3 is 0 Å². The molecule has 4 nitrogen and oxygen atoms in total. The lowest BCUT2D eigenvalue weighted by molar-refractivity contribution is 0.472. The van der Waals surface area contributed by atoms with Gasteiger partial charge in [-0.3, -0.25) is 0 Å². The van der Waals surface area contributed by atoms with Crippen LogP contribution in [0.1, 0.15) is 23.0 Å². The normalized spacial score (nSPS) is 12.9. The van der Waals surface area contributed by atoms with Crippen molar-refractivity contribution in [2.75, 3.05) is 0 Å². The minimum Gasteiger partial charge on any atom is -0.508 e. The van der Waals surface area contributed by atoms with Gasteiger partial charge in [0.1, 0.15) is 11.5 Å². The molecule has 0 aliphatic heterocycles. The number of nitriles is 2. The van der Waals surface area contributed by atoms with Crippen molar-refractivity contribution in [3.63, 3.8) is 0 Å². The first-order valence-electron chi connectivity index (χ1n) is 6.03. The molecule has 0 spiro atoms. The molecule has 0 bridgehead atoms. The number of hydrogen-bond donors (Lipinski definition) is 2. The molecule has 0 saturated carbocycles. The number of aromatic hydroxyl groups is 2. The highest BCUT2D eigenvalue weighted by molar-refractivity contribution is 5.41. The summed E-state index contributed by atoms with van der Waals surface area (Å²) >= 11 is 0. The average Bonchev–Trinajstić information content (AvgIpc) is 2.44. The van der Waals surface area contributed by atoms with Gasteiger partial charge < -0.3 is 10.2 Å². The van der Waals surface area contributed by atoms with E-state index < -0.39 is 11.8 Å². The van der Waals surface area contributed by atoms with E-state index in [9.17, 15) is 20.7 Å². The van der Waals surface area contributed by atoms with Crippen LogP contribution in [-0.4, -0.2) is 10.2 Å². The molecule has 2 aromatic carbocycles. The lowest BCUT2D eigenvalue weighted by Crippen LogP contribution is -2.08. The van der Waals surface area contributed by atoms with Crippen LogP contribution in [-0.2, 0) is 0 Å². The molecule has 0 aromatic heterocycles. The molecule has 2 rings (SSSR count). The van der Waals surface area contributed by atoms with Crippen LogP contribution in [0.2, 0.25) is 0 Å². The van der Waals surface area contributed by atoms with Gasteiger partial charge in [0.15, 0.2) is 0 Å². The van der Waals surface area contributed by atoms with Gasteiger partial charge in [-0.2, -0.15) is 10.5 Å². The van der Waals surface area contributed by atoms with Crippen LogP contribution in [0, 0.1) is 22.7 Å². The summed E-state index contributed by atoms with van der Waals surface area (Å²) in [5.74, 6) is -1.33. The Morgan fingerprint density at radius 2 is 1.15 bits per heavy atom. The summed E-state index contributed by atoms with van der Waals surface area (Å²) in [5.41, 5.74) is 1.14. The van der Waals surface area contributed by atoms with Gasteiger partial charge in [-0.1, -0.05) is 24.3 Å². The third-order valence-electron chi connectivity index (χ3n) is 3.07. The molecule has 0 aliphatic carbocycles. The molecule has 0 heterocycles. The standard InChI is InChI=1S/C16H12N2O2/c17-9-15(11-3-1-5-13(19)7-11)16(10-18)12-4-2-6-14(20)8-12/h1-8,15-16,19-20H/t15-,16+. The molecule has 0 fully saturated rings. The zero-order valence-electron chi connectivity index (χ0n) is 10.6. The Bertz CT molecular complexity index is 637. The second kappa shape index (κ2) is 5.77. The van der Waals surface area contributed by atoms with Crippen molar-refractivity contribution in [1.82, 2.24) is 0 Å². The summed E-state index contributed by atoms with van der Waals surface area (Å²) in [6, 6.07) is 16.8. The predicted molar refractivity (Wildman–Crippen MR) is 72.9 cm³/mol. The molecule has 2 atom stereocenters. The van der Waals surface area contributed by atoms with E-state index in [1.165, 1.54) is 24.3 Å². The smallest absolute Gasteiger partial charge is 0.115 e. The van der Waals surface area contributed by atoms with E-state index in [1.807, 2.05) is 0 Å². The van der Waals surface area contributed by atoms with Crippen LogP contribution in [0.15, 0.2) is 48.5 Å². The number of benzene rings is 2. The number of hydrogen-bond acceptors (Lipinski definition) is 4. The average molecular weight is 264 g/mol. The van der Waals surface area contributed by atoms with E-state index in [4.69, 9.17) is 0 Å². The summed E-state index contributed by atoms with van der Waals surface area (Å²) in [6.07, 6.45) is 0. The first kappa shape index (κ1) is 13.5. The first-order valence-corrected chi connectivity index (χ1v) is 6.03. The van der Waals surface area contributed by atoms with Gasteiger partial charge in [-0.25, -0.2) is 0 Å². The summed E-state index contributed by atoms with van der Waals surface area (Å²) in [6.45, 7) is 0. The number of nitrogens with zero attached hydrogens (tertiary/aromatic N) is 2. The molecule has 0 unspecified atom stereocenters. The monoisotopic (exact) mass is 264 g/mol. The maximum atomic E-state index is 9.49. The fourth-order valence-corrected chi connectivity index (χ4v) is 2.12. The van der Waals surface area contributed by atoms with Gasteiger partial charge in [0.25, 0.3) is 0 Å². The molecular formula is C16H12N2O2. The molecule has 0 radical (unpaired) electrons. The molecule has 0 amide bonds. The Kier molecular flexibility index (Phi) is 3.88. The van der Waals surface area contributed by atoms with Crippen LogP contribution < -0.4 is 0 Å². The van der Waals surface area contributed by atoms with E-state index in [-0.39, 0.29) is 11.5 Å². The van der Waals surface area contributed by atoms with Crippen LogP contribution >= 0.6 is 0 Å². The number of phenolic OH excluding ortho intramolecular Hbond substituents is 2. The van der Waals surface area contributed by atoms with Gasteiger partial charge in [-0.05, 0) is 35.4 Å². The minimum absolute atomic E-state index is 0.0512. The molecule has 0 saturated heterocycles. The van der Waals surface area contributed by atoms with Crippen molar-refractivity contribution >= 4 is 0 Å². The van der Waals surface area contributed by atoms with E-state index >= 15 is 0 Å². The molecule has 2 N–H and O–H groups in total. The molecule has 2 aromatic rings. The highest BCUT2D eigenvalue weighted by Gasteiger charge is 2.25. The second-order valence-corrected chi connectivity index (χ2v) is 4.40. The van der Waals surface area contributed by atoms with Crippen LogP contribution in [0.3, 0.4) is 0 Å². The zero-order valence-corrected chi connectivity index (χ0v) is 10.6. The SMILES string of the molecule is N#C[C@H](c1cccc(O)c1)[C@@H](C#N)c1cccc(O)c1. The Balaban J connectivity index is 2.44. The quantitative estimate of drug-likeness (QED) is 0.891. The first-order chi connectivity index (χ1) is 9.65. The summed E-state index contributed by atoms with van der Waals surface area (Å²) in [4.78, 5) is 0. The fraction of sp³-hybridized carbons (Fsp3) is 0.125. The highest BCUT2D eigenvalue weighted by Crippen LogP contribution is 2.34. The molecule has 20 heavy (non-hydrogen) atoms. The van der Waals surface area contributed by atoms with Gasteiger partial charge in [0.2, 0.25) is 0 Å². The van der Waals surface area contributed by atoms with Crippen LogP contribution in [0.4, 0.5) is 0 Å². The lowest BCUT2D eigenvalue weighted by atomic mass is 9.83. The third kappa shape index (κ3) is 2.71. The van der Waals surface area contributed by atoms with Crippen LogP contribution in [0.25, 0.3) is 0 Å². The maximum Gasteiger partial charge on any atom is 0.115 e. The van der Waals surface area contributed by atoms with Gasteiger partial charge in [0, 0.05) is 0 Å². The molecule has 98 valence electrons. The van der Waals surface area contributed by atoms with Crippen molar-refractivity contribution in [3.05, 3.63) is 59.7 Å². The summed E-state index contributed by atoms with van der Waals surface area (Å²) in [5, 5.41) is 37.7. The Morgan fingerprint density at radius 3 is 1.45 bits per heavy atom. The van der Waals surface area contributed by atoms with E-state index in [0.29, 0.717) is 11.1 Å². The highest BCUT2D eigenvalue weighted by atomic mass is 16.3. The molecular weight excluding hydrogens is 252 g/mol. The van der Waals surface area contributed by atoms with Crippen molar-refractivity contribution < 1.29 is 10.2 Å². The Morgan fingerprint density at radius 1 is 0.750 bits per heavy atom. The van der Waals surface area contributed by atoms with Crippen LogP contribution in [0.5, 0.6) is 11.5 Å².